The Morgan fingerprint density at radius 1 is 1.33 bits per heavy atom. The van der Waals surface area contributed by atoms with E-state index in [4.69, 9.17) is 11.6 Å². The second-order valence-electron chi connectivity index (χ2n) is 5.35. The van der Waals surface area contributed by atoms with Crippen molar-refractivity contribution >= 4 is 17.5 Å². The third kappa shape index (κ3) is 2.30. The van der Waals surface area contributed by atoms with Crippen LogP contribution in [0.1, 0.15) is 46.0 Å². The van der Waals surface area contributed by atoms with Crippen LogP contribution in [0, 0.1) is 5.92 Å². The lowest BCUT2D eigenvalue weighted by Crippen LogP contribution is -2.47. The summed E-state index contributed by atoms with van der Waals surface area (Å²) in [5.74, 6) is 0.812. The van der Waals surface area contributed by atoms with Crippen LogP contribution in [0.25, 0.3) is 0 Å². The highest BCUT2D eigenvalue weighted by Crippen LogP contribution is 2.38. The number of piperidine rings is 1. The Balaban J connectivity index is 2.01. The standard InChI is InChI=1S/C12H20ClNO/c1-8(2)5-12(15)14-10-3-4-11(14)7-9(13)6-10/h8-11H,3-7H2,1-2H3. The number of fused-ring (bicyclic) bond motifs is 2. The van der Waals surface area contributed by atoms with Crippen LogP contribution in [0.2, 0.25) is 0 Å². The second kappa shape index (κ2) is 4.32. The summed E-state index contributed by atoms with van der Waals surface area (Å²) < 4.78 is 0. The van der Waals surface area contributed by atoms with Crippen LogP contribution in [-0.4, -0.2) is 28.3 Å². The minimum Gasteiger partial charge on any atom is -0.337 e. The minimum absolute atomic E-state index is 0.297. The van der Waals surface area contributed by atoms with Crippen molar-refractivity contribution in [2.45, 2.75) is 63.4 Å². The first-order chi connectivity index (χ1) is 7.08. The molecule has 0 N–H and O–H groups in total. The van der Waals surface area contributed by atoms with Gasteiger partial charge in [-0.2, -0.15) is 0 Å². The van der Waals surface area contributed by atoms with Crippen molar-refractivity contribution in [3.8, 4) is 0 Å². The first kappa shape index (κ1) is 11.3. The molecule has 3 heteroatoms. The molecular weight excluding hydrogens is 210 g/mol. The quantitative estimate of drug-likeness (QED) is 0.667. The lowest BCUT2D eigenvalue weighted by atomic mass is 10.0. The molecule has 2 rings (SSSR count). The van der Waals surface area contributed by atoms with Crippen molar-refractivity contribution < 1.29 is 4.79 Å². The predicted molar refractivity (Wildman–Crippen MR) is 62.0 cm³/mol. The Morgan fingerprint density at radius 3 is 2.33 bits per heavy atom. The summed E-state index contributed by atoms with van der Waals surface area (Å²) in [6, 6.07) is 0.884. The van der Waals surface area contributed by atoms with Gasteiger partial charge >= 0.3 is 0 Å². The summed E-state index contributed by atoms with van der Waals surface area (Å²) in [6.07, 6.45) is 5.03. The van der Waals surface area contributed by atoms with Crippen LogP contribution in [0.4, 0.5) is 0 Å². The van der Waals surface area contributed by atoms with Gasteiger partial charge in [-0.3, -0.25) is 4.79 Å². The summed E-state index contributed by atoms with van der Waals surface area (Å²) in [5.41, 5.74) is 0. The van der Waals surface area contributed by atoms with Crippen molar-refractivity contribution in [3.05, 3.63) is 0 Å². The molecule has 2 saturated heterocycles. The molecule has 2 bridgehead atoms. The molecular formula is C12H20ClNO. The Kier molecular flexibility index (Phi) is 3.24. The highest BCUT2D eigenvalue weighted by atomic mass is 35.5. The van der Waals surface area contributed by atoms with Crippen LogP contribution in [0.3, 0.4) is 0 Å². The first-order valence-electron chi connectivity index (χ1n) is 6.03. The number of nitrogens with zero attached hydrogens (tertiary/aromatic N) is 1. The van der Waals surface area contributed by atoms with Crippen molar-refractivity contribution in [2.24, 2.45) is 5.92 Å². The topological polar surface area (TPSA) is 20.3 Å². The van der Waals surface area contributed by atoms with Crippen LogP contribution in [-0.2, 0) is 4.79 Å². The predicted octanol–water partition coefficient (Wildman–Crippen LogP) is 2.79. The monoisotopic (exact) mass is 229 g/mol. The van der Waals surface area contributed by atoms with Gasteiger partial charge in [-0.05, 0) is 31.6 Å². The van der Waals surface area contributed by atoms with E-state index in [-0.39, 0.29) is 0 Å². The van der Waals surface area contributed by atoms with Crippen LogP contribution >= 0.6 is 11.6 Å². The van der Waals surface area contributed by atoms with Gasteiger partial charge in [0.25, 0.3) is 0 Å². The molecule has 0 aromatic carbocycles. The average Bonchev–Trinajstić information content (AvgIpc) is 2.38. The summed E-state index contributed by atoms with van der Waals surface area (Å²) in [4.78, 5) is 14.2. The Bertz CT molecular complexity index is 240. The fourth-order valence-corrected chi connectivity index (χ4v) is 3.38. The molecule has 0 spiro atoms. The van der Waals surface area contributed by atoms with E-state index in [1.165, 1.54) is 0 Å². The van der Waals surface area contributed by atoms with E-state index in [1.807, 2.05) is 0 Å². The third-order valence-corrected chi connectivity index (χ3v) is 3.90. The molecule has 0 aromatic rings. The van der Waals surface area contributed by atoms with E-state index < -0.39 is 0 Å². The zero-order chi connectivity index (χ0) is 11.0. The summed E-state index contributed by atoms with van der Waals surface area (Å²) in [5, 5.41) is 0.297. The van der Waals surface area contributed by atoms with Gasteiger partial charge in [0.1, 0.15) is 0 Å². The molecule has 0 aromatic heterocycles. The third-order valence-electron chi connectivity index (χ3n) is 3.55. The molecule has 2 unspecified atom stereocenters. The number of rotatable bonds is 2. The molecule has 0 saturated carbocycles. The maximum absolute atomic E-state index is 12.1. The molecule has 0 aliphatic carbocycles. The zero-order valence-electron chi connectivity index (χ0n) is 9.58. The molecule has 2 aliphatic rings. The SMILES string of the molecule is CC(C)CC(=O)N1C2CCC1CC(Cl)C2. The smallest absolute Gasteiger partial charge is 0.223 e. The number of halogens is 1. The van der Waals surface area contributed by atoms with Crippen LogP contribution in [0.5, 0.6) is 0 Å². The van der Waals surface area contributed by atoms with Gasteiger partial charge in [0.05, 0.1) is 0 Å². The van der Waals surface area contributed by atoms with Crippen molar-refractivity contribution in [2.75, 3.05) is 0 Å². The van der Waals surface area contributed by atoms with Crippen molar-refractivity contribution in [3.63, 3.8) is 0 Å². The lowest BCUT2D eigenvalue weighted by Gasteiger charge is -2.37. The van der Waals surface area contributed by atoms with Gasteiger partial charge in [0.15, 0.2) is 0 Å². The minimum atomic E-state index is 0.297. The second-order valence-corrected chi connectivity index (χ2v) is 5.97. The van der Waals surface area contributed by atoms with Gasteiger partial charge in [-0.15, -0.1) is 11.6 Å². The molecule has 2 atom stereocenters. The fourth-order valence-electron chi connectivity index (χ4n) is 2.97. The van der Waals surface area contributed by atoms with Crippen molar-refractivity contribution in [1.29, 1.82) is 0 Å². The first-order valence-corrected chi connectivity index (χ1v) is 6.46. The van der Waals surface area contributed by atoms with E-state index in [1.54, 1.807) is 0 Å². The maximum atomic E-state index is 12.1. The molecule has 15 heavy (non-hydrogen) atoms. The molecule has 2 fully saturated rings. The Hall–Kier alpha value is -0.240. The van der Waals surface area contributed by atoms with Crippen molar-refractivity contribution in [1.82, 2.24) is 4.90 Å². The molecule has 2 heterocycles. The highest BCUT2D eigenvalue weighted by Gasteiger charge is 2.42. The van der Waals surface area contributed by atoms with E-state index in [0.29, 0.717) is 35.7 Å². The lowest BCUT2D eigenvalue weighted by molar-refractivity contribution is -0.136. The maximum Gasteiger partial charge on any atom is 0.223 e. The molecule has 1 amide bonds. The van der Waals surface area contributed by atoms with Gasteiger partial charge in [-0.25, -0.2) is 0 Å². The van der Waals surface area contributed by atoms with Gasteiger partial charge in [0, 0.05) is 23.9 Å². The normalized spacial score (nSPS) is 34.9. The largest absolute Gasteiger partial charge is 0.337 e. The zero-order valence-corrected chi connectivity index (χ0v) is 10.3. The number of amides is 1. The van der Waals surface area contributed by atoms with Gasteiger partial charge in [0.2, 0.25) is 5.91 Å². The molecule has 2 aliphatic heterocycles. The highest BCUT2D eigenvalue weighted by molar-refractivity contribution is 6.20. The molecule has 2 nitrogen and oxygen atoms in total. The molecule has 86 valence electrons. The molecule has 0 radical (unpaired) electrons. The Morgan fingerprint density at radius 2 is 1.87 bits per heavy atom. The number of carbonyl (C=O) groups excluding carboxylic acids is 1. The summed E-state index contributed by atoms with van der Waals surface area (Å²) >= 11 is 6.18. The van der Waals surface area contributed by atoms with E-state index in [9.17, 15) is 4.79 Å². The van der Waals surface area contributed by atoms with E-state index >= 15 is 0 Å². The summed E-state index contributed by atoms with van der Waals surface area (Å²) in [7, 11) is 0. The number of hydrogen-bond donors (Lipinski definition) is 0. The fraction of sp³-hybridized carbons (Fsp3) is 0.917. The van der Waals surface area contributed by atoms with Crippen LogP contribution in [0.15, 0.2) is 0 Å². The number of carbonyl (C=O) groups is 1. The van der Waals surface area contributed by atoms with E-state index in [2.05, 4.69) is 18.7 Å². The van der Waals surface area contributed by atoms with E-state index in [0.717, 1.165) is 25.7 Å². The Labute approximate surface area is 97.0 Å². The summed E-state index contributed by atoms with van der Waals surface area (Å²) in [6.45, 7) is 4.21. The van der Waals surface area contributed by atoms with Crippen LogP contribution < -0.4 is 0 Å². The van der Waals surface area contributed by atoms with Gasteiger partial charge < -0.3 is 4.90 Å². The van der Waals surface area contributed by atoms with Gasteiger partial charge in [-0.1, -0.05) is 13.8 Å². The average molecular weight is 230 g/mol. The number of alkyl halides is 1. The number of hydrogen-bond acceptors (Lipinski definition) is 1.